The van der Waals surface area contributed by atoms with Gasteiger partial charge in [0.05, 0.1) is 35.9 Å². The average molecular weight is 445 g/mol. The Bertz CT molecular complexity index is 1250. The van der Waals surface area contributed by atoms with Crippen LogP contribution in [-0.4, -0.2) is 38.7 Å². The van der Waals surface area contributed by atoms with Gasteiger partial charge >= 0.3 is 0 Å². The van der Waals surface area contributed by atoms with Crippen molar-refractivity contribution in [2.24, 2.45) is 0 Å². The van der Waals surface area contributed by atoms with Crippen molar-refractivity contribution in [3.63, 3.8) is 0 Å². The number of ether oxygens (including phenoxy) is 1. The Hall–Kier alpha value is -4.53. The maximum Gasteiger partial charge on any atom is 0.296 e. The SMILES string of the molecule is COc1ccc(C2/C(=C(/O)c3cccc([N+](=O)[O-])c3)C(=O)C(=O)N2Cc2ccccn2)cc1. The standard InChI is InChI=1S/C24H19N3O6/c1-33-19-10-8-15(9-11-19)21-20(22(28)16-5-4-7-18(13-16)27(31)32)23(29)24(30)26(21)14-17-6-2-3-12-25-17/h2-13,21,28H,14H2,1H3/b22-20-. The molecule has 9 heteroatoms. The van der Waals surface area contributed by atoms with Crippen LogP contribution in [0.3, 0.4) is 0 Å². The molecule has 0 aliphatic carbocycles. The molecule has 2 aromatic carbocycles. The lowest BCUT2D eigenvalue weighted by molar-refractivity contribution is -0.384. The van der Waals surface area contributed by atoms with Crippen LogP contribution in [0.25, 0.3) is 5.76 Å². The molecule has 3 aromatic rings. The molecule has 1 aromatic heterocycles. The molecule has 1 unspecified atom stereocenters. The first-order valence-corrected chi connectivity index (χ1v) is 9.98. The van der Waals surface area contributed by atoms with Crippen LogP contribution in [0.15, 0.2) is 78.5 Å². The number of likely N-dealkylation sites (tertiary alicyclic amines) is 1. The molecule has 1 fully saturated rings. The predicted octanol–water partition coefficient (Wildman–Crippen LogP) is 3.62. The van der Waals surface area contributed by atoms with Gasteiger partial charge in [0.15, 0.2) is 0 Å². The molecule has 33 heavy (non-hydrogen) atoms. The number of hydrogen-bond donors (Lipinski definition) is 1. The second-order valence-electron chi connectivity index (χ2n) is 7.33. The highest BCUT2D eigenvalue weighted by Gasteiger charge is 2.46. The van der Waals surface area contributed by atoms with Crippen LogP contribution < -0.4 is 4.74 Å². The number of nitro benzene ring substituents is 1. The van der Waals surface area contributed by atoms with Crippen LogP contribution in [0.2, 0.25) is 0 Å². The summed E-state index contributed by atoms with van der Waals surface area (Å²) in [5, 5.41) is 22.2. The first-order valence-electron chi connectivity index (χ1n) is 9.98. The third-order valence-electron chi connectivity index (χ3n) is 5.36. The maximum absolute atomic E-state index is 13.1. The largest absolute Gasteiger partial charge is 0.507 e. The number of methoxy groups -OCH3 is 1. The van der Waals surface area contributed by atoms with Crippen molar-refractivity contribution in [3.8, 4) is 5.75 Å². The van der Waals surface area contributed by atoms with Crippen molar-refractivity contribution < 1.29 is 24.4 Å². The third-order valence-corrected chi connectivity index (χ3v) is 5.36. The number of aromatic nitrogens is 1. The number of pyridine rings is 1. The van der Waals surface area contributed by atoms with E-state index in [4.69, 9.17) is 4.74 Å². The number of Topliss-reactive ketones (excluding diaryl/α,β-unsaturated/α-hetero) is 1. The van der Waals surface area contributed by atoms with Crippen LogP contribution >= 0.6 is 0 Å². The zero-order valence-corrected chi connectivity index (χ0v) is 17.5. The topological polar surface area (TPSA) is 123 Å². The van der Waals surface area contributed by atoms with Gasteiger partial charge in [-0.05, 0) is 29.8 Å². The molecule has 1 N–H and O–H groups in total. The molecule has 1 aliphatic heterocycles. The molecule has 4 rings (SSSR count). The van der Waals surface area contributed by atoms with Crippen molar-refractivity contribution in [2.75, 3.05) is 7.11 Å². The van der Waals surface area contributed by atoms with Gasteiger partial charge in [0.1, 0.15) is 11.5 Å². The Morgan fingerprint density at radius 2 is 1.88 bits per heavy atom. The summed E-state index contributed by atoms with van der Waals surface area (Å²) < 4.78 is 5.19. The summed E-state index contributed by atoms with van der Waals surface area (Å²) in [6.45, 7) is 0.0355. The first kappa shape index (κ1) is 21.7. The summed E-state index contributed by atoms with van der Waals surface area (Å²) in [4.78, 5) is 42.2. The molecule has 1 saturated heterocycles. The van der Waals surface area contributed by atoms with Crippen molar-refractivity contribution in [1.29, 1.82) is 0 Å². The van der Waals surface area contributed by atoms with E-state index >= 15 is 0 Å². The van der Waals surface area contributed by atoms with Crippen LogP contribution in [0, 0.1) is 10.1 Å². The number of aliphatic hydroxyl groups excluding tert-OH is 1. The Morgan fingerprint density at radius 3 is 2.52 bits per heavy atom. The van der Waals surface area contributed by atoms with Crippen LogP contribution in [0.4, 0.5) is 5.69 Å². The molecular weight excluding hydrogens is 426 g/mol. The number of amides is 1. The van der Waals surface area contributed by atoms with Crippen LogP contribution in [-0.2, 0) is 16.1 Å². The van der Waals surface area contributed by atoms with E-state index in [1.807, 2.05) is 0 Å². The number of aliphatic hydroxyl groups is 1. The van der Waals surface area contributed by atoms with Crippen molar-refractivity contribution >= 4 is 23.1 Å². The van der Waals surface area contributed by atoms with Gasteiger partial charge in [-0.15, -0.1) is 0 Å². The van der Waals surface area contributed by atoms with Gasteiger partial charge in [-0.25, -0.2) is 0 Å². The lowest BCUT2D eigenvalue weighted by Crippen LogP contribution is -2.29. The summed E-state index contributed by atoms with van der Waals surface area (Å²) >= 11 is 0. The number of hydrogen-bond acceptors (Lipinski definition) is 7. The predicted molar refractivity (Wildman–Crippen MR) is 118 cm³/mol. The Balaban J connectivity index is 1.87. The van der Waals surface area contributed by atoms with Crippen molar-refractivity contribution in [1.82, 2.24) is 9.88 Å². The zero-order chi connectivity index (χ0) is 23.5. The van der Waals surface area contributed by atoms with Crippen LogP contribution in [0.1, 0.15) is 22.9 Å². The second-order valence-corrected chi connectivity index (χ2v) is 7.33. The molecule has 1 atom stereocenters. The monoisotopic (exact) mass is 445 g/mol. The van der Waals surface area contributed by atoms with Crippen molar-refractivity contribution in [3.05, 3.63) is 105 Å². The minimum atomic E-state index is -0.919. The number of nitrogens with zero attached hydrogens (tertiary/aromatic N) is 3. The molecule has 2 heterocycles. The molecule has 0 spiro atoms. The number of nitro groups is 1. The average Bonchev–Trinajstić information content (AvgIpc) is 3.09. The fourth-order valence-electron chi connectivity index (χ4n) is 3.76. The number of non-ortho nitro benzene ring substituents is 1. The molecule has 0 bridgehead atoms. The number of carbonyl (C=O) groups excluding carboxylic acids is 2. The van der Waals surface area contributed by atoms with E-state index in [2.05, 4.69) is 4.98 Å². The quantitative estimate of drug-likeness (QED) is 0.202. The summed E-state index contributed by atoms with van der Waals surface area (Å²) in [7, 11) is 1.52. The smallest absolute Gasteiger partial charge is 0.296 e. The lowest BCUT2D eigenvalue weighted by Gasteiger charge is -2.25. The molecule has 0 saturated carbocycles. The van der Waals surface area contributed by atoms with Crippen molar-refractivity contribution in [2.45, 2.75) is 12.6 Å². The molecule has 9 nitrogen and oxygen atoms in total. The van der Waals surface area contributed by atoms with E-state index < -0.39 is 28.4 Å². The van der Waals surface area contributed by atoms with Crippen LogP contribution in [0.5, 0.6) is 5.75 Å². The van der Waals surface area contributed by atoms with E-state index in [9.17, 15) is 24.8 Å². The van der Waals surface area contributed by atoms with Gasteiger partial charge in [-0.2, -0.15) is 0 Å². The van der Waals surface area contributed by atoms with Gasteiger partial charge in [-0.3, -0.25) is 24.7 Å². The maximum atomic E-state index is 13.1. The Kier molecular flexibility index (Phi) is 5.86. The molecule has 1 amide bonds. The fourth-order valence-corrected chi connectivity index (χ4v) is 3.76. The normalized spacial score (nSPS) is 17.2. The summed E-state index contributed by atoms with van der Waals surface area (Å²) in [6, 6.07) is 16.4. The third kappa shape index (κ3) is 4.16. The highest BCUT2D eigenvalue weighted by atomic mass is 16.6. The van der Waals surface area contributed by atoms with Gasteiger partial charge in [-0.1, -0.05) is 30.3 Å². The lowest BCUT2D eigenvalue weighted by atomic mass is 9.95. The minimum Gasteiger partial charge on any atom is -0.507 e. The Labute approximate surface area is 188 Å². The number of ketones is 1. The van der Waals surface area contributed by atoms with Gasteiger partial charge in [0.25, 0.3) is 17.4 Å². The Morgan fingerprint density at radius 1 is 1.12 bits per heavy atom. The van der Waals surface area contributed by atoms with E-state index in [1.165, 1.54) is 30.2 Å². The fraction of sp³-hybridized carbons (Fsp3) is 0.125. The molecular formula is C24H19N3O6. The first-order chi connectivity index (χ1) is 15.9. The van der Waals surface area contributed by atoms with Gasteiger partial charge in [0, 0.05) is 23.9 Å². The summed E-state index contributed by atoms with van der Waals surface area (Å²) in [5.41, 5.74) is 0.800. The number of carbonyl (C=O) groups is 2. The highest BCUT2D eigenvalue weighted by Crippen LogP contribution is 2.40. The zero-order valence-electron chi connectivity index (χ0n) is 17.5. The van der Waals surface area contributed by atoms with E-state index in [0.29, 0.717) is 17.0 Å². The minimum absolute atomic E-state index is 0.0355. The van der Waals surface area contributed by atoms with Gasteiger partial charge in [0.2, 0.25) is 0 Å². The molecule has 0 radical (unpaired) electrons. The van der Waals surface area contributed by atoms with E-state index in [1.54, 1.807) is 48.7 Å². The summed E-state index contributed by atoms with van der Waals surface area (Å²) in [5.74, 6) is -1.58. The van der Waals surface area contributed by atoms with Gasteiger partial charge < -0.3 is 14.7 Å². The number of benzene rings is 2. The van der Waals surface area contributed by atoms with E-state index in [0.717, 1.165) is 6.07 Å². The second kappa shape index (κ2) is 8.91. The van der Waals surface area contributed by atoms with E-state index in [-0.39, 0.29) is 23.4 Å². The molecule has 166 valence electrons. The molecule has 1 aliphatic rings. The summed E-state index contributed by atoms with van der Waals surface area (Å²) in [6.07, 6.45) is 1.58. The number of rotatable bonds is 6. The highest BCUT2D eigenvalue weighted by molar-refractivity contribution is 6.46.